The minimum absolute atomic E-state index is 0.0332. The van der Waals surface area contributed by atoms with Crippen molar-refractivity contribution in [3.63, 3.8) is 0 Å². The Morgan fingerprint density at radius 2 is 2.10 bits per heavy atom. The van der Waals surface area contributed by atoms with Gasteiger partial charge in [-0.3, -0.25) is 0 Å². The van der Waals surface area contributed by atoms with Crippen molar-refractivity contribution in [2.75, 3.05) is 7.05 Å². The second-order valence-electron chi connectivity index (χ2n) is 6.61. The van der Waals surface area contributed by atoms with Gasteiger partial charge >= 0.3 is 0 Å². The average molecular weight is 331 g/mol. The highest BCUT2D eigenvalue weighted by Gasteiger charge is 2.35. The van der Waals surface area contributed by atoms with E-state index in [1.54, 1.807) is 6.07 Å². The van der Waals surface area contributed by atoms with Crippen molar-refractivity contribution >= 4 is 21.4 Å². The lowest BCUT2D eigenvalue weighted by atomic mass is 9.74. The van der Waals surface area contributed by atoms with E-state index in [2.05, 4.69) is 23.9 Å². The Morgan fingerprint density at radius 3 is 2.71 bits per heavy atom. The molecule has 1 aromatic rings. The monoisotopic (exact) mass is 330 g/mol. The molecule has 1 aliphatic carbocycles. The lowest BCUT2D eigenvalue weighted by Crippen LogP contribution is -2.46. The van der Waals surface area contributed by atoms with Crippen LogP contribution >= 0.6 is 11.3 Å². The van der Waals surface area contributed by atoms with Crippen LogP contribution in [0, 0.1) is 12.3 Å². The molecule has 0 spiro atoms. The van der Waals surface area contributed by atoms with Gasteiger partial charge in [-0.1, -0.05) is 26.7 Å². The first-order chi connectivity index (χ1) is 9.76. The Hall–Kier alpha value is -0.430. The number of nitrogens with one attached hydrogen (secondary N) is 2. The van der Waals surface area contributed by atoms with Crippen LogP contribution < -0.4 is 10.0 Å². The Bertz CT molecular complexity index is 591. The molecule has 0 amide bonds. The van der Waals surface area contributed by atoms with Gasteiger partial charge < -0.3 is 5.32 Å². The summed E-state index contributed by atoms with van der Waals surface area (Å²) in [4.78, 5) is 1.08. The van der Waals surface area contributed by atoms with Crippen molar-refractivity contribution in [1.29, 1.82) is 0 Å². The molecule has 120 valence electrons. The molecule has 1 saturated carbocycles. The van der Waals surface area contributed by atoms with Gasteiger partial charge in [0.25, 0.3) is 0 Å². The van der Waals surface area contributed by atoms with Crippen LogP contribution in [0.1, 0.15) is 50.0 Å². The van der Waals surface area contributed by atoms with Gasteiger partial charge in [0.15, 0.2) is 0 Å². The van der Waals surface area contributed by atoms with E-state index < -0.39 is 10.0 Å². The first-order valence-corrected chi connectivity index (χ1v) is 9.82. The zero-order valence-electron chi connectivity index (χ0n) is 13.3. The zero-order valence-corrected chi connectivity index (χ0v) is 15.0. The van der Waals surface area contributed by atoms with E-state index in [0.29, 0.717) is 10.8 Å². The summed E-state index contributed by atoms with van der Waals surface area (Å²) in [6.07, 6.45) is 4.30. The molecule has 2 N–H and O–H groups in total. The van der Waals surface area contributed by atoms with Gasteiger partial charge in [0.05, 0.1) is 0 Å². The van der Waals surface area contributed by atoms with E-state index in [9.17, 15) is 8.42 Å². The third-order valence-corrected chi connectivity index (χ3v) is 7.59. The lowest BCUT2D eigenvalue weighted by Gasteiger charge is -2.38. The maximum Gasteiger partial charge on any atom is 0.250 e. The van der Waals surface area contributed by atoms with Crippen LogP contribution in [0.15, 0.2) is 10.3 Å². The van der Waals surface area contributed by atoms with E-state index in [1.165, 1.54) is 17.8 Å². The summed E-state index contributed by atoms with van der Waals surface area (Å²) in [5.41, 5.74) is 1.07. The van der Waals surface area contributed by atoms with Crippen LogP contribution in [0.2, 0.25) is 0 Å². The average Bonchev–Trinajstić information content (AvgIpc) is 2.75. The molecule has 6 heteroatoms. The highest BCUT2D eigenvalue weighted by Crippen LogP contribution is 2.36. The highest BCUT2D eigenvalue weighted by atomic mass is 32.2. The molecular weight excluding hydrogens is 304 g/mol. The first kappa shape index (κ1) is 16.9. The molecule has 1 atom stereocenters. The van der Waals surface area contributed by atoms with E-state index in [-0.39, 0.29) is 11.5 Å². The van der Waals surface area contributed by atoms with Crippen LogP contribution in [-0.4, -0.2) is 21.5 Å². The molecule has 1 aromatic heterocycles. The van der Waals surface area contributed by atoms with Crippen LogP contribution in [0.3, 0.4) is 0 Å². The minimum Gasteiger partial charge on any atom is -0.315 e. The summed E-state index contributed by atoms with van der Waals surface area (Å²) in [5.74, 6) is 0. The third-order valence-electron chi connectivity index (χ3n) is 4.40. The van der Waals surface area contributed by atoms with Crippen molar-refractivity contribution < 1.29 is 8.42 Å². The van der Waals surface area contributed by atoms with Crippen molar-refractivity contribution in [3.05, 3.63) is 16.5 Å². The Labute approximate surface area is 132 Å². The highest BCUT2D eigenvalue weighted by molar-refractivity contribution is 7.91. The van der Waals surface area contributed by atoms with Gasteiger partial charge in [0.2, 0.25) is 10.0 Å². The summed E-state index contributed by atoms with van der Waals surface area (Å²) in [5, 5.41) is 3.08. The van der Waals surface area contributed by atoms with E-state index in [0.717, 1.165) is 29.7 Å². The lowest BCUT2D eigenvalue weighted by molar-refractivity contribution is 0.188. The summed E-state index contributed by atoms with van der Waals surface area (Å²) in [6, 6.07) is 1.82. The number of thiophene rings is 1. The predicted molar refractivity (Wildman–Crippen MR) is 88.2 cm³/mol. The molecule has 4 nitrogen and oxygen atoms in total. The minimum atomic E-state index is -3.41. The summed E-state index contributed by atoms with van der Waals surface area (Å²) in [6.45, 7) is 6.99. The molecule has 0 bridgehead atoms. The third kappa shape index (κ3) is 3.86. The second-order valence-corrected chi connectivity index (χ2v) is 9.69. The molecule has 1 unspecified atom stereocenters. The molecule has 0 aromatic carbocycles. The Kier molecular flexibility index (Phi) is 5.13. The van der Waals surface area contributed by atoms with Crippen molar-refractivity contribution in [2.24, 2.45) is 5.41 Å². The summed E-state index contributed by atoms with van der Waals surface area (Å²) in [7, 11) is -1.54. The number of aryl methyl sites for hydroxylation is 1. The standard InChI is InChI=1S/C15H26N2O2S2/c1-11-9-14(20-12(11)10-16-4)21(18,19)17-13-7-5-6-8-15(13,2)3/h9,13,16-17H,5-8,10H2,1-4H3. The van der Waals surface area contributed by atoms with Crippen LogP contribution in [0.4, 0.5) is 0 Å². The fraction of sp³-hybridized carbons (Fsp3) is 0.733. The molecule has 0 radical (unpaired) electrons. The van der Waals surface area contributed by atoms with Crippen molar-refractivity contribution in [2.45, 2.75) is 63.3 Å². The molecule has 1 aliphatic rings. The second kappa shape index (κ2) is 6.36. The van der Waals surface area contributed by atoms with Gasteiger partial charge in [-0.2, -0.15) is 0 Å². The largest absolute Gasteiger partial charge is 0.315 e. The van der Waals surface area contributed by atoms with Crippen molar-refractivity contribution in [1.82, 2.24) is 10.0 Å². The van der Waals surface area contributed by atoms with Crippen LogP contribution in [0.5, 0.6) is 0 Å². The fourth-order valence-electron chi connectivity index (χ4n) is 2.91. The van der Waals surface area contributed by atoms with E-state index >= 15 is 0 Å². The number of sulfonamides is 1. The maximum atomic E-state index is 12.6. The Morgan fingerprint density at radius 1 is 1.38 bits per heavy atom. The first-order valence-electron chi connectivity index (χ1n) is 7.52. The molecule has 1 heterocycles. The Balaban J connectivity index is 2.20. The molecule has 21 heavy (non-hydrogen) atoms. The smallest absolute Gasteiger partial charge is 0.250 e. The fourth-order valence-corrected chi connectivity index (χ4v) is 5.97. The summed E-state index contributed by atoms with van der Waals surface area (Å²) < 4.78 is 28.7. The van der Waals surface area contributed by atoms with E-state index in [1.807, 2.05) is 14.0 Å². The molecule has 1 fully saturated rings. The zero-order chi connectivity index (χ0) is 15.7. The molecule has 0 saturated heterocycles. The predicted octanol–water partition coefficient (Wildman–Crippen LogP) is 3.02. The number of hydrogen-bond donors (Lipinski definition) is 2. The molecular formula is C15H26N2O2S2. The van der Waals surface area contributed by atoms with Gasteiger partial charge in [-0.25, -0.2) is 13.1 Å². The summed E-state index contributed by atoms with van der Waals surface area (Å²) >= 11 is 1.37. The molecule has 2 rings (SSSR count). The van der Waals surface area contributed by atoms with Crippen LogP contribution in [0.25, 0.3) is 0 Å². The maximum absolute atomic E-state index is 12.6. The topological polar surface area (TPSA) is 58.2 Å². The van der Waals surface area contributed by atoms with Gasteiger partial charge in [0.1, 0.15) is 4.21 Å². The van der Waals surface area contributed by atoms with Crippen LogP contribution in [-0.2, 0) is 16.6 Å². The van der Waals surface area contributed by atoms with Crippen molar-refractivity contribution in [3.8, 4) is 0 Å². The number of rotatable bonds is 5. The SMILES string of the molecule is CNCc1sc(S(=O)(=O)NC2CCCCC2(C)C)cc1C. The molecule has 0 aliphatic heterocycles. The number of hydrogen-bond acceptors (Lipinski definition) is 4. The van der Waals surface area contributed by atoms with Gasteiger partial charge in [-0.15, -0.1) is 11.3 Å². The normalized spacial score (nSPS) is 22.4. The van der Waals surface area contributed by atoms with E-state index in [4.69, 9.17) is 0 Å². The van der Waals surface area contributed by atoms with Gasteiger partial charge in [0, 0.05) is 17.5 Å². The quantitative estimate of drug-likeness (QED) is 0.872. The van der Waals surface area contributed by atoms with Gasteiger partial charge in [-0.05, 0) is 43.9 Å².